The minimum Gasteiger partial charge on any atom is -0.511 e. The number of sulfone groups is 1. The highest BCUT2D eigenvalue weighted by molar-refractivity contribution is 7.90. The van der Waals surface area contributed by atoms with E-state index in [9.17, 15) is 31.1 Å². The van der Waals surface area contributed by atoms with Crippen molar-refractivity contribution in [3.8, 4) is 0 Å². The summed E-state index contributed by atoms with van der Waals surface area (Å²) >= 11 is 0. The third-order valence-corrected chi connectivity index (χ3v) is 9.99. The fourth-order valence-corrected chi connectivity index (χ4v) is 8.29. The number of amidine groups is 1. The zero-order valence-corrected chi connectivity index (χ0v) is 22.0. The summed E-state index contributed by atoms with van der Waals surface area (Å²) < 4.78 is 66.9. The Labute approximate surface area is 219 Å². The minimum absolute atomic E-state index is 0.111. The van der Waals surface area contributed by atoms with Gasteiger partial charge in [0.15, 0.2) is 21.5 Å². The summed E-state index contributed by atoms with van der Waals surface area (Å²) in [7, 11) is -7.80. The van der Waals surface area contributed by atoms with Crippen molar-refractivity contribution in [1.29, 1.82) is 0 Å². The average Bonchev–Trinajstić information content (AvgIpc) is 3.45. The molecule has 2 aliphatic carbocycles. The second-order valence-corrected chi connectivity index (χ2v) is 14.2. The van der Waals surface area contributed by atoms with E-state index in [1.165, 1.54) is 24.4 Å². The van der Waals surface area contributed by atoms with Crippen LogP contribution in [0.2, 0.25) is 0 Å². The van der Waals surface area contributed by atoms with Crippen LogP contribution in [0.4, 0.5) is 10.2 Å². The highest BCUT2D eigenvalue weighted by Gasteiger charge is 2.57. The van der Waals surface area contributed by atoms with Crippen molar-refractivity contribution < 1.29 is 31.1 Å². The highest BCUT2D eigenvalue weighted by Crippen LogP contribution is 2.55. The van der Waals surface area contributed by atoms with Crippen LogP contribution in [0, 0.1) is 23.6 Å². The van der Waals surface area contributed by atoms with Gasteiger partial charge in [0, 0.05) is 31.0 Å². The van der Waals surface area contributed by atoms with Crippen molar-refractivity contribution in [2.24, 2.45) is 22.2 Å². The van der Waals surface area contributed by atoms with E-state index in [4.69, 9.17) is 0 Å². The number of fused-ring (bicyclic) bond motifs is 6. The van der Waals surface area contributed by atoms with Crippen molar-refractivity contribution in [3.63, 3.8) is 0 Å². The summed E-state index contributed by atoms with van der Waals surface area (Å²) in [6.07, 6.45) is 4.95. The number of anilines is 1. The van der Waals surface area contributed by atoms with Crippen LogP contribution in [0.1, 0.15) is 30.4 Å². The molecule has 2 bridgehead atoms. The first-order valence-electron chi connectivity index (χ1n) is 12.2. The Balaban J connectivity index is 1.41. The number of nitrogens with one attached hydrogen (secondary N) is 1. The number of pyridine rings is 1. The molecule has 13 heteroatoms. The van der Waals surface area contributed by atoms with E-state index in [1.807, 2.05) is 0 Å². The summed E-state index contributed by atoms with van der Waals surface area (Å²) in [5.74, 6) is -1.98. The Kier molecular flexibility index (Phi) is 5.65. The van der Waals surface area contributed by atoms with Gasteiger partial charge < -0.3 is 15.3 Å². The SMILES string of the molecule is CS(=O)(=O)Cc1cnc2c(c1)S(=O)(=O)N=C(C1=C(O)C3C([C@H]4CC[C@@H]3C4)N(Cc3ccc(F)cc3)C1=O)N2. The predicted octanol–water partition coefficient (Wildman–Crippen LogP) is 2.55. The Morgan fingerprint density at radius 3 is 2.58 bits per heavy atom. The molecule has 2 aromatic rings. The van der Waals surface area contributed by atoms with Crippen molar-refractivity contribution >= 4 is 37.4 Å². The maximum atomic E-state index is 13.9. The molecule has 0 spiro atoms. The number of carbonyl (C=O) groups is 1. The molecule has 200 valence electrons. The standard InChI is InChI=1S/C25H25FN4O6S2/c1-37(33,34)12-14-8-18-23(27-10-14)28-24(29-38(18,35)36)20-22(31)19-15-4-5-16(9-15)21(19)30(25(20)32)11-13-2-6-17(26)7-3-13/h2-3,6-8,10,15-16,19,21,31H,4-5,9,11-12H2,1H3,(H,27,28,29)/t15-,16+,19?,21?/m1/s1. The van der Waals surface area contributed by atoms with Crippen LogP contribution in [0.3, 0.4) is 0 Å². The smallest absolute Gasteiger partial charge is 0.287 e. The number of hydrogen-bond donors (Lipinski definition) is 2. The molecule has 1 amide bonds. The van der Waals surface area contributed by atoms with Crippen molar-refractivity contribution in [1.82, 2.24) is 9.88 Å². The number of carbonyl (C=O) groups excluding carboxylic acids is 1. The van der Waals surface area contributed by atoms with Crippen LogP contribution < -0.4 is 5.32 Å². The Bertz CT molecular complexity index is 1640. The second-order valence-electron chi connectivity index (χ2n) is 10.5. The second kappa shape index (κ2) is 8.60. The lowest BCUT2D eigenvalue weighted by Gasteiger charge is -2.44. The zero-order chi connectivity index (χ0) is 27.0. The molecule has 2 fully saturated rings. The maximum absolute atomic E-state index is 13.9. The number of rotatable bonds is 5. The minimum atomic E-state index is -4.37. The molecule has 6 rings (SSSR count). The van der Waals surface area contributed by atoms with Crippen LogP contribution in [0.25, 0.3) is 0 Å². The maximum Gasteiger partial charge on any atom is 0.287 e. The van der Waals surface area contributed by atoms with Gasteiger partial charge in [-0.15, -0.1) is 4.40 Å². The normalized spacial score (nSPS) is 27.6. The van der Waals surface area contributed by atoms with Gasteiger partial charge in [-0.3, -0.25) is 4.79 Å². The number of aliphatic hydroxyl groups is 1. The van der Waals surface area contributed by atoms with E-state index in [-0.39, 0.29) is 63.8 Å². The third kappa shape index (κ3) is 4.17. The molecule has 10 nitrogen and oxygen atoms in total. The molecule has 1 aromatic carbocycles. The van der Waals surface area contributed by atoms with Gasteiger partial charge >= 0.3 is 0 Å². The molecule has 1 aromatic heterocycles. The average molecular weight is 561 g/mol. The Morgan fingerprint density at radius 1 is 1.16 bits per heavy atom. The van der Waals surface area contributed by atoms with Gasteiger partial charge in [0.25, 0.3) is 15.9 Å². The lowest BCUT2D eigenvalue weighted by molar-refractivity contribution is -0.134. The van der Waals surface area contributed by atoms with Crippen molar-refractivity contribution in [3.05, 3.63) is 64.8 Å². The van der Waals surface area contributed by atoms with Gasteiger partial charge in [-0.1, -0.05) is 12.1 Å². The zero-order valence-electron chi connectivity index (χ0n) is 20.3. The van der Waals surface area contributed by atoms with Gasteiger partial charge in [0.2, 0.25) is 0 Å². The van der Waals surface area contributed by atoms with Gasteiger partial charge in [-0.05, 0) is 60.4 Å². The molecule has 4 atom stereocenters. The number of aromatic nitrogens is 1. The first-order valence-corrected chi connectivity index (χ1v) is 15.7. The molecular weight excluding hydrogens is 535 g/mol. The molecule has 38 heavy (non-hydrogen) atoms. The number of halogens is 1. The number of nitrogens with zero attached hydrogens (tertiary/aromatic N) is 3. The summed E-state index contributed by atoms with van der Waals surface area (Å²) in [6, 6.07) is 6.76. The summed E-state index contributed by atoms with van der Waals surface area (Å²) in [4.78, 5) is 19.3. The van der Waals surface area contributed by atoms with Crippen LogP contribution in [-0.2, 0) is 37.0 Å². The largest absolute Gasteiger partial charge is 0.511 e. The third-order valence-electron chi connectivity index (χ3n) is 7.85. The van der Waals surface area contributed by atoms with Crippen LogP contribution in [0.5, 0.6) is 0 Å². The van der Waals surface area contributed by atoms with Gasteiger partial charge in [-0.2, -0.15) is 8.42 Å². The van der Waals surface area contributed by atoms with Crippen molar-refractivity contribution in [2.75, 3.05) is 11.6 Å². The molecule has 2 aliphatic heterocycles. The molecule has 0 saturated heterocycles. The van der Waals surface area contributed by atoms with E-state index in [1.54, 1.807) is 17.0 Å². The molecule has 0 radical (unpaired) electrons. The van der Waals surface area contributed by atoms with E-state index in [2.05, 4.69) is 14.7 Å². The number of sulfonamides is 1. The molecule has 4 aliphatic rings. The predicted molar refractivity (Wildman–Crippen MR) is 136 cm³/mol. The molecule has 2 unspecified atom stereocenters. The Hall–Kier alpha value is -3.32. The van der Waals surface area contributed by atoms with Crippen LogP contribution >= 0.6 is 0 Å². The van der Waals surface area contributed by atoms with E-state index >= 15 is 0 Å². The number of amides is 1. The van der Waals surface area contributed by atoms with Gasteiger partial charge in [-0.25, -0.2) is 17.8 Å². The van der Waals surface area contributed by atoms with Gasteiger partial charge in [0.05, 0.1) is 5.75 Å². The van der Waals surface area contributed by atoms with E-state index in [0.29, 0.717) is 5.56 Å². The molecule has 2 N–H and O–H groups in total. The van der Waals surface area contributed by atoms with Crippen LogP contribution in [0.15, 0.2) is 57.2 Å². The molecular formula is C25H25FN4O6S2. The first-order chi connectivity index (χ1) is 17.9. The quantitative estimate of drug-likeness (QED) is 0.567. The summed E-state index contributed by atoms with van der Waals surface area (Å²) in [5, 5.41) is 14.2. The molecule has 3 heterocycles. The Morgan fingerprint density at radius 2 is 1.87 bits per heavy atom. The van der Waals surface area contributed by atoms with E-state index < -0.39 is 37.3 Å². The number of benzene rings is 1. The van der Waals surface area contributed by atoms with E-state index in [0.717, 1.165) is 25.5 Å². The fourth-order valence-electron chi connectivity index (χ4n) is 6.41. The number of aliphatic hydroxyl groups excluding tert-OH is 1. The molecule has 2 saturated carbocycles. The first kappa shape index (κ1) is 25.0. The van der Waals surface area contributed by atoms with Gasteiger partial charge in [0.1, 0.15) is 22.0 Å². The summed E-state index contributed by atoms with van der Waals surface area (Å²) in [5.41, 5.74) is 0.664. The van der Waals surface area contributed by atoms with Crippen LogP contribution in [-0.4, -0.2) is 55.9 Å². The lowest BCUT2D eigenvalue weighted by atomic mass is 9.77. The monoisotopic (exact) mass is 560 g/mol. The number of hydrogen-bond acceptors (Lipinski definition) is 8. The fraction of sp³-hybridized carbons (Fsp3) is 0.400. The summed E-state index contributed by atoms with van der Waals surface area (Å²) in [6.45, 7) is 0.171. The van der Waals surface area contributed by atoms with Crippen molar-refractivity contribution in [2.45, 2.75) is 42.5 Å². The topological polar surface area (TPSA) is 146 Å². The highest BCUT2D eigenvalue weighted by atomic mass is 32.2. The lowest BCUT2D eigenvalue weighted by Crippen LogP contribution is -2.53.